The van der Waals surface area contributed by atoms with E-state index in [2.05, 4.69) is 21.1 Å². The third kappa shape index (κ3) is 3.97. The molecule has 1 aliphatic rings. The fourth-order valence-corrected chi connectivity index (χ4v) is 4.45. The van der Waals surface area contributed by atoms with Crippen LogP contribution in [0.2, 0.25) is 0 Å². The van der Waals surface area contributed by atoms with Gasteiger partial charge in [0, 0.05) is 12.7 Å². The fourth-order valence-electron chi connectivity index (χ4n) is 4.45. The van der Waals surface area contributed by atoms with E-state index in [1.54, 1.807) is 24.2 Å². The Kier molecular flexibility index (Phi) is 5.65. The van der Waals surface area contributed by atoms with Crippen molar-refractivity contribution in [1.82, 2.24) is 24.3 Å². The summed E-state index contributed by atoms with van der Waals surface area (Å²) in [5, 5.41) is 14.7. The average molecular weight is 472 g/mol. The highest BCUT2D eigenvalue weighted by atomic mass is 19.2. The van der Waals surface area contributed by atoms with Crippen LogP contribution in [-0.2, 0) is 12.0 Å². The third-order valence-corrected chi connectivity index (χ3v) is 6.21. The highest BCUT2D eigenvalue weighted by molar-refractivity contribution is 5.69. The summed E-state index contributed by atoms with van der Waals surface area (Å²) < 4.78 is 36.6. The van der Waals surface area contributed by atoms with Crippen molar-refractivity contribution in [2.24, 2.45) is 0 Å². The van der Waals surface area contributed by atoms with Crippen molar-refractivity contribution >= 4 is 12.2 Å². The molecule has 0 saturated heterocycles. The molecule has 4 aromatic rings. The fraction of sp³-hybridized carbons (Fsp3) is 0.231. The zero-order chi connectivity index (χ0) is 24.6. The summed E-state index contributed by atoms with van der Waals surface area (Å²) >= 11 is 0. The second-order valence-corrected chi connectivity index (χ2v) is 8.45. The molecule has 5 rings (SSSR count). The van der Waals surface area contributed by atoms with Crippen LogP contribution in [0.1, 0.15) is 41.3 Å². The number of nitriles is 1. The monoisotopic (exact) mass is 472 g/mol. The summed E-state index contributed by atoms with van der Waals surface area (Å²) in [6.45, 7) is 2.52. The number of fused-ring (bicyclic) bond motifs is 1. The molecule has 0 fully saturated rings. The van der Waals surface area contributed by atoms with E-state index in [1.807, 2.05) is 42.0 Å². The number of imidazole rings is 1. The Morgan fingerprint density at radius 2 is 2.00 bits per heavy atom. The van der Waals surface area contributed by atoms with Crippen LogP contribution in [0.3, 0.4) is 0 Å². The number of hydrogen-bond donors (Lipinski definition) is 0. The maximum atomic E-state index is 14.0. The predicted octanol–water partition coefficient (Wildman–Crippen LogP) is 4.83. The first-order chi connectivity index (χ1) is 16.9. The molecule has 7 nitrogen and oxygen atoms in total. The molecule has 0 unspecified atom stereocenters. The highest BCUT2D eigenvalue weighted by Crippen LogP contribution is 2.39. The summed E-state index contributed by atoms with van der Waals surface area (Å²) in [4.78, 5) is 8.87. The topological polar surface area (TPSA) is 81.5 Å². The Morgan fingerprint density at radius 3 is 2.71 bits per heavy atom. The quantitative estimate of drug-likeness (QED) is 0.416. The largest absolute Gasteiger partial charge is 0.495 e. The smallest absolute Gasteiger partial charge is 0.174 e. The number of ether oxygens (including phenoxy) is 1. The van der Waals surface area contributed by atoms with Gasteiger partial charge in [-0.25, -0.2) is 23.4 Å². The van der Waals surface area contributed by atoms with Crippen molar-refractivity contribution in [2.45, 2.75) is 31.7 Å². The SMILES string of the molecule is COc1cc(C=Cc2nc3n(n2)CCC[C@]3(C#N)c2ccc(F)c(F)c2)ccc1-n1cnc(C)c1. The number of rotatable bonds is 5. The second kappa shape index (κ2) is 8.80. The summed E-state index contributed by atoms with van der Waals surface area (Å²) in [5.74, 6) is -0.398. The van der Waals surface area contributed by atoms with Gasteiger partial charge in [-0.2, -0.15) is 10.4 Å². The molecule has 35 heavy (non-hydrogen) atoms. The molecule has 0 aliphatic carbocycles. The molecule has 9 heteroatoms. The van der Waals surface area contributed by atoms with Gasteiger partial charge in [-0.15, -0.1) is 0 Å². The van der Waals surface area contributed by atoms with Crippen molar-refractivity contribution in [3.8, 4) is 17.5 Å². The van der Waals surface area contributed by atoms with E-state index in [1.165, 1.54) is 6.07 Å². The van der Waals surface area contributed by atoms with E-state index in [-0.39, 0.29) is 0 Å². The van der Waals surface area contributed by atoms with Crippen molar-refractivity contribution in [1.29, 1.82) is 5.26 Å². The van der Waals surface area contributed by atoms with Gasteiger partial charge < -0.3 is 9.30 Å². The Balaban J connectivity index is 1.47. The lowest BCUT2D eigenvalue weighted by molar-refractivity contribution is 0.390. The molecule has 3 heterocycles. The molecule has 0 radical (unpaired) electrons. The molecule has 1 aliphatic heterocycles. The van der Waals surface area contributed by atoms with E-state index in [9.17, 15) is 14.0 Å². The van der Waals surface area contributed by atoms with Crippen LogP contribution in [0.5, 0.6) is 5.75 Å². The van der Waals surface area contributed by atoms with Gasteiger partial charge in [-0.3, -0.25) is 0 Å². The Labute approximate surface area is 200 Å². The predicted molar refractivity (Wildman–Crippen MR) is 126 cm³/mol. The van der Waals surface area contributed by atoms with E-state index in [4.69, 9.17) is 4.74 Å². The third-order valence-electron chi connectivity index (χ3n) is 6.21. The number of hydrogen-bond acceptors (Lipinski definition) is 5. The summed E-state index contributed by atoms with van der Waals surface area (Å²) in [7, 11) is 1.61. The standard InChI is InChI=1S/C26H22F2N6O/c1-17-14-33(16-30-17)22-8-4-18(12-23(22)35-2)5-9-24-31-25-26(15-29,10-3-11-34(25)32-24)19-6-7-20(27)21(28)13-19/h4-9,12-14,16H,3,10-11H2,1-2H3/t26-/m0/s1. The van der Waals surface area contributed by atoms with E-state index in [0.717, 1.165) is 29.1 Å². The van der Waals surface area contributed by atoms with Gasteiger partial charge in [0.25, 0.3) is 0 Å². The first-order valence-corrected chi connectivity index (χ1v) is 11.1. The normalized spacial score (nSPS) is 17.3. The molecule has 1 atom stereocenters. The molecule has 0 amide bonds. The van der Waals surface area contributed by atoms with E-state index >= 15 is 0 Å². The first-order valence-electron chi connectivity index (χ1n) is 11.1. The van der Waals surface area contributed by atoms with Crippen LogP contribution in [0.15, 0.2) is 48.9 Å². The van der Waals surface area contributed by atoms with E-state index < -0.39 is 17.0 Å². The Hall–Kier alpha value is -4.32. The number of halogens is 2. The molecule has 0 N–H and O–H groups in total. The van der Waals surface area contributed by atoms with Crippen LogP contribution < -0.4 is 4.74 Å². The van der Waals surface area contributed by atoms with Gasteiger partial charge in [0.1, 0.15) is 11.2 Å². The van der Waals surface area contributed by atoms with Crippen LogP contribution in [0.4, 0.5) is 8.78 Å². The van der Waals surface area contributed by atoms with Crippen LogP contribution in [0.25, 0.3) is 17.8 Å². The van der Waals surface area contributed by atoms with Gasteiger partial charge in [0.2, 0.25) is 0 Å². The molecular formula is C26H22F2N6O. The van der Waals surface area contributed by atoms with Crippen LogP contribution >= 0.6 is 0 Å². The lowest BCUT2D eigenvalue weighted by Gasteiger charge is -2.30. The number of methoxy groups -OCH3 is 1. The maximum Gasteiger partial charge on any atom is 0.174 e. The minimum Gasteiger partial charge on any atom is -0.495 e. The van der Waals surface area contributed by atoms with Gasteiger partial charge in [0.05, 0.1) is 30.9 Å². The van der Waals surface area contributed by atoms with Crippen molar-refractivity contribution in [3.05, 3.63) is 89.0 Å². The van der Waals surface area contributed by atoms with E-state index in [0.29, 0.717) is 42.3 Å². The van der Waals surface area contributed by atoms with Gasteiger partial charge in [-0.1, -0.05) is 18.2 Å². The number of aryl methyl sites for hydroxylation is 2. The van der Waals surface area contributed by atoms with Gasteiger partial charge in [-0.05, 0) is 61.2 Å². The number of nitrogens with zero attached hydrogens (tertiary/aromatic N) is 6. The minimum atomic E-state index is -1.19. The zero-order valence-electron chi connectivity index (χ0n) is 19.2. The number of aromatic nitrogens is 5. The lowest BCUT2D eigenvalue weighted by Crippen LogP contribution is -2.34. The molecule has 0 spiro atoms. The molecule has 0 saturated carbocycles. The molecule has 0 bridgehead atoms. The molecule has 176 valence electrons. The average Bonchev–Trinajstić information content (AvgIpc) is 3.50. The number of benzene rings is 2. The zero-order valence-corrected chi connectivity index (χ0v) is 19.2. The maximum absolute atomic E-state index is 14.0. The first kappa shape index (κ1) is 22.5. The van der Waals surface area contributed by atoms with Crippen molar-refractivity contribution in [2.75, 3.05) is 7.11 Å². The van der Waals surface area contributed by atoms with Gasteiger partial charge in [0.15, 0.2) is 23.3 Å². The lowest BCUT2D eigenvalue weighted by atomic mass is 9.75. The van der Waals surface area contributed by atoms with Crippen molar-refractivity contribution < 1.29 is 13.5 Å². The van der Waals surface area contributed by atoms with Gasteiger partial charge >= 0.3 is 0 Å². The summed E-state index contributed by atoms with van der Waals surface area (Å²) in [6.07, 6.45) is 8.38. The van der Waals surface area contributed by atoms with Crippen LogP contribution in [0, 0.1) is 29.9 Å². The highest BCUT2D eigenvalue weighted by Gasteiger charge is 2.42. The molecular weight excluding hydrogens is 450 g/mol. The molecule has 2 aromatic heterocycles. The Bertz CT molecular complexity index is 1480. The van der Waals surface area contributed by atoms with Crippen LogP contribution in [-0.4, -0.2) is 31.4 Å². The summed E-state index contributed by atoms with van der Waals surface area (Å²) in [6, 6.07) is 11.6. The summed E-state index contributed by atoms with van der Waals surface area (Å²) in [5.41, 5.74) is 1.83. The van der Waals surface area contributed by atoms with Crippen molar-refractivity contribution in [3.63, 3.8) is 0 Å². The second-order valence-electron chi connectivity index (χ2n) is 8.45. The Morgan fingerprint density at radius 1 is 1.14 bits per heavy atom. The molecule has 2 aromatic carbocycles. The minimum absolute atomic E-state index is 0.373.